The number of amides is 1. The third kappa shape index (κ3) is 4.61. The molecule has 0 aliphatic carbocycles. The van der Waals surface area contributed by atoms with Gasteiger partial charge in [-0.3, -0.25) is 4.79 Å². The lowest BCUT2D eigenvalue weighted by Gasteiger charge is -2.28. The lowest BCUT2D eigenvalue weighted by molar-refractivity contribution is -0.132. The summed E-state index contributed by atoms with van der Waals surface area (Å²) >= 11 is 0. The molecule has 0 spiro atoms. The second kappa shape index (κ2) is 7.80. The largest absolute Gasteiger partial charge is 0.339 e. The normalized spacial score (nSPS) is 12.6. The Labute approximate surface area is 87.9 Å². The number of carbonyl (C=O) groups is 1. The molecule has 0 heterocycles. The van der Waals surface area contributed by atoms with Crippen LogP contribution in [0, 0.1) is 0 Å². The van der Waals surface area contributed by atoms with Crippen molar-refractivity contribution in [2.45, 2.75) is 46.1 Å². The summed E-state index contributed by atoms with van der Waals surface area (Å²) in [6.45, 7) is 7.73. The number of hydrogen-bond acceptors (Lipinski definition) is 2. The summed E-state index contributed by atoms with van der Waals surface area (Å²) in [5.41, 5.74) is 0. The molecule has 0 fully saturated rings. The number of nitrogens with one attached hydrogen (secondary N) is 1. The Kier molecular flexibility index (Phi) is 7.48. The molecule has 0 saturated carbocycles. The Balaban J connectivity index is 4.15. The van der Waals surface area contributed by atoms with Crippen LogP contribution in [0.25, 0.3) is 0 Å². The van der Waals surface area contributed by atoms with E-state index in [1.165, 1.54) is 0 Å². The number of likely N-dealkylation sites (N-methyl/N-ethyl adjacent to an activating group) is 1. The van der Waals surface area contributed by atoms with Gasteiger partial charge in [0.05, 0.1) is 6.54 Å². The summed E-state index contributed by atoms with van der Waals surface area (Å²) in [5.74, 6) is 0.218. The molecule has 0 aromatic rings. The number of rotatable bonds is 7. The zero-order valence-corrected chi connectivity index (χ0v) is 9.97. The topological polar surface area (TPSA) is 32.3 Å². The summed E-state index contributed by atoms with van der Waals surface area (Å²) in [7, 11) is 1.81. The summed E-state index contributed by atoms with van der Waals surface area (Å²) in [4.78, 5) is 13.7. The number of carbonyl (C=O) groups excluding carboxylic acids is 1. The van der Waals surface area contributed by atoms with Crippen LogP contribution in [-0.4, -0.2) is 37.0 Å². The Morgan fingerprint density at radius 2 is 2.07 bits per heavy atom. The van der Waals surface area contributed by atoms with E-state index in [2.05, 4.69) is 26.1 Å². The molecule has 1 N–H and O–H groups in total. The van der Waals surface area contributed by atoms with E-state index in [1.807, 2.05) is 11.9 Å². The quantitative estimate of drug-likeness (QED) is 0.677. The van der Waals surface area contributed by atoms with Crippen molar-refractivity contribution in [1.29, 1.82) is 0 Å². The third-order valence-corrected chi connectivity index (χ3v) is 2.52. The first-order valence-electron chi connectivity index (χ1n) is 5.61. The van der Waals surface area contributed by atoms with E-state index >= 15 is 0 Å². The maximum Gasteiger partial charge on any atom is 0.236 e. The van der Waals surface area contributed by atoms with E-state index in [0.29, 0.717) is 12.6 Å². The molecule has 1 atom stereocenters. The molecule has 0 radical (unpaired) electrons. The molecule has 0 rings (SSSR count). The van der Waals surface area contributed by atoms with E-state index in [0.717, 1.165) is 25.8 Å². The Morgan fingerprint density at radius 3 is 2.50 bits per heavy atom. The lowest BCUT2D eigenvalue weighted by Crippen LogP contribution is -2.43. The molecule has 0 aromatic carbocycles. The molecule has 0 aliphatic heterocycles. The fraction of sp³-hybridized carbons (Fsp3) is 0.909. The minimum absolute atomic E-state index is 0.218. The number of nitrogens with zero attached hydrogens (tertiary/aromatic N) is 1. The monoisotopic (exact) mass is 200 g/mol. The van der Waals surface area contributed by atoms with Gasteiger partial charge in [0.1, 0.15) is 0 Å². The summed E-state index contributed by atoms with van der Waals surface area (Å²) in [6.07, 6.45) is 3.26. The fourth-order valence-electron chi connectivity index (χ4n) is 1.39. The Hall–Kier alpha value is -0.570. The zero-order valence-electron chi connectivity index (χ0n) is 9.97. The smallest absolute Gasteiger partial charge is 0.236 e. The van der Waals surface area contributed by atoms with Crippen molar-refractivity contribution in [2.24, 2.45) is 0 Å². The molecule has 3 heteroatoms. The van der Waals surface area contributed by atoms with Gasteiger partial charge in [-0.2, -0.15) is 0 Å². The van der Waals surface area contributed by atoms with Crippen LogP contribution in [0.5, 0.6) is 0 Å². The highest BCUT2D eigenvalue weighted by Gasteiger charge is 2.16. The molecule has 0 aliphatic rings. The van der Waals surface area contributed by atoms with Gasteiger partial charge >= 0.3 is 0 Å². The molecule has 14 heavy (non-hydrogen) atoms. The van der Waals surface area contributed by atoms with E-state index in [-0.39, 0.29) is 5.91 Å². The van der Waals surface area contributed by atoms with Gasteiger partial charge < -0.3 is 10.2 Å². The summed E-state index contributed by atoms with van der Waals surface area (Å²) < 4.78 is 0. The first-order chi connectivity index (χ1) is 6.67. The van der Waals surface area contributed by atoms with E-state index < -0.39 is 0 Å². The maximum absolute atomic E-state index is 11.7. The van der Waals surface area contributed by atoms with Gasteiger partial charge in [0.15, 0.2) is 0 Å². The molecular formula is C11H24N2O. The van der Waals surface area contributed by atoms with Crippen molar-refractivity contribution in [2.75, 3.05) is 20.1 Å². The van der Waals surface area contributed by atoms with Crippen molar-refractivity contribution in [3.8, 4) is 0 Å². The van der Waals surface area contributed by atoms with Crippen molar-refractivity contribution in [3.63, 3.8) is 0 Å². The van der Waals surface area contributed by atoms with Crippen LogP contribution < -0.4 is 5.32 Å². The SMILES string of the molecule is CCCCN(C(=O)CNC)C(C)CC. The first-order valence-corrected chi connectivity index (χ1v) is 5.61. The summed E-state index contributed by atoms with van der Waals surface area (Å²) in [6, 6.07) is 0.363. The number of hydrogen-bond donors (Lipinski definition) is 1. The predicted molar refractivity (Wildman–Crippen MR) is 60.3 cm³/mol. The van der Waals surface area contributed by atoms with Crippen LogP contribution in [0.4, 0.5) is 0 Å². The average molecular weight is 200 g/mol. The predicted octanol–water partition coefficient (Wildman–Crippen LogP) is 1.63. The van der Waals surface area contributed by atoms with Gasteiger partial charge in [-0.05, 0) is 26.8 Å². The van der Waals surface area contributed by atoms with Crippen LogP contribution >= 0.6 is 0 Å². The van der Waals surface area contributed by atoms with Crippen molar-refractivity contribution in [3.05, 3.63) is 0 Å². The number of unbranched alkanes of at least 4 members (excludes halogenated alkanes) is 1. The zero-order chi connectivity index (χ0) is 11.0. The maximum atomic E-state index is 11.7. The van der Waals surface area contributed by atoms with E-state index in [4.69, 9.17) is 0 Å². The van der Waals surface area contributed by atoms with Crippen molar-refractivity contribution >= 4 is 5.91 Å². The van der Waals surface area contributed by atoms with Gasteiger partial charge in [-0.1, -0.05) is 20.3 Å². The Bertz CT molecular complexity index is 159. The highest BCUT2D eigenvalue weighted by molar-refractivity contribution is 5.78. The minimum atomic E-state index is 0.218. The average Bonchev–Trinajstić information content (AvgIpc) is 2.18. The molecule has 1 amide bonds. The van der Waals surface area contributed by atoms with Crippen LogP contribution in [0.1, 0.15) is 40.0 Å². The van der Waals surface area contributed by atoms with E-state index in [9.17, 15) is 4.79 Å². The van der Waals surface area contributed by atoms with Crippen molar-refractivity contribution in [1.82, 2.24) is 10.2 Å². The van der Waals surface area contributed by atoms with Gasteiger partial charge in [0, 0.05) is 12.6 Å². The molecule has 0 aromatic heterocycles. The minimum Gasteiger partial charge on any atom is -0.339 e. The molecule has 3 nitrogen and oxygen atoms in total. The standard InChI is InChI=1S/C11H24N2O/c1-5-7-8-13(10(3)6-2)11(14)9-12-4/h10,12H,5-9H2,1-4H3. The Morgan fingerprint density at radius 1 is 1.43 bits per heavy atom. The van der Waals surface area contributed by atoms with Crippen molar-refractivity contribution < 1.29 is 4.79 Å². The van der Waals surface area contributed by atoms with Crippen LogP contribution in [0.15, 0.2) is 0 Å². The molecular weight excluding hydrogens is 176 g/mol. The molecule has 84 valence electrons. The first kappa shape index (κ1) is 13.4. The summed E-state index contributed by atoms with van der Waals surface area (Å²) in [5, 5.41) is 2.91. The molecule has 1 unspecified atom stereocenters. The van der Waals surface area contributed by atoms with Gasteiger partial charge in [0.2, 0.25) is 5.91 Å². The van der Waals surface area contributed by atoms with Gasteiger partial charge in [-0.25, -0.2) is 0 Å². The second-order valence-corrected chi connectivity index (χ2v) is 3.73. The third-order valence-electron chi connectivity index (χ3n) is 2.52. The highest BCUT2D eigenvalue weighted by atomic mass is 16.2. The highest BCUT2D eigenvalue weighted by Crippen LogP contribution is 2.05. The van der Waals surface area contributed by atoms with Gasteiger partial charge in [-0.15, -0.1) is 0 Å². The molecule has 0 bridgehead atoms. The molecule has 0 saturated heterocycles. The van der Waals surface area contributed by atoms with Crippen LogP contribution in [0.3, 0.4) is 0 Å². The van der Waals surface area contributed by atoms with Crippen LogP contribution in [0.2, 0.25) is 0 Å². The second-order valence-electron chi connectivity index (χ2n) is 3.73. The fourth-order valence-corrected chi connectivity index (χ4v) is 1.39. The van der Waals surface area contributed by atoms with Gasteiger partial charge in [0.25, 0.3) is 0 Å². The lowest BCUT2D eigenvalue weighted by atomic mass is 10.2. The van der Waals surface area contributed by atoms with E-state index in [1.54, 1.807) is 0 Å². The van der Waals surface area contributed by atoms with Crippen LogP contribution in [-0.2, 0) is 4.79 Å².